The maximum atomic E-state index is 2.21. The van der Waals surface area contributed by atoms with Crippen LogP contribution in [0, 0.1) is 6.42 Å². The van der Waals surface area contributed by atoms with Gasteiger partial charge in [-0.3, -0.25) is 0 Å². The van der Waals surface area contributed by atoms with Crippen LogP contribution in [0.3, 0.4) is 0 Å². The van der Waals surface area contributed by atoms with Gasteiger partial charge in [-0.05, 0) is 25.7 Å². The molecule has 10 heavy (non-hydrogen) atoms. The zero-order chi connectivity index (χ0) is 7.07. The Labute approximate surface area is 62.9 Å². The van der Waals surface area contributed by atoms with E-state index >= 15 is 0 Å². The second kappa shape index (κ2) is 5.04. The van der Waals surface area contributed by atoms with E-state index in [0.717, 1.165) is 12.8 Å². The van der Waals surface area contributed by atoms with E-state index in [1.165, 1.54) is 6.42 Å². The molecular formula is C10H13. The molecule has 1 radical (unpaired) electrons. The van der Waals surface area contributed by atoms with Gasteiger partial charge in [-0.2, -0.15) is 0 Å². The molecule has 0 unspecified atom stereocenters. The van der Waals surface area contributed by atoms with E-state index < -0.39 is 0 Å². The monoisotopic (exact) mass is 133 g/mol. The van der Waals surface area contributed by atoms with Crippen LogP contribution in [-0.4, -0.2) is 0 Å². The van der Waals surface area contributed by atoms with Crippen LogP contribution < -0.4 is 0 Å². The standard InChI is InChI=1S/C10H13/c1-2-4-6-8-10-9-7-5-3-1/h1-4,7,9-10H,5-6,8H2/b3-1+,4-2-,10-9+. The molecule has 0 amide bonds. The van der Waals surface area contributed by atoms with E-state index in [4.69, 9.17) is 0 Å². The molecule has 0 saturated carbocycles. The summed E-state index contributed by atoms with van der Waals surface area (Å²) in [5, 5.41) is 0. The van der Waals surface area contributed by atoms with Crippen LogP contribution in [0.1, 0.15) is 19.3 Å². The summed E-state index contributed by atoms with van der Waals surface area (Å²) in [5.74, 6) is 0. The van der Waals surface area contributed by atoms with Gasteiger partial charge in [-0.1, -0.05) is 36.5 Å². The highest BCUT2D eigenvalue weighted by Gasteiger charge is 1.80. The highest BCUT2D eigenvalue weighted by Crippen LogP contribution is 1.99. The zero-order valence-electron chi connectivity index (χ0n) is 6.16. The van der Waals surface area contributed by atoms with Crippen molar-refractivity contribution < 1.29 is 0 Å². The van der Waals surface area contributed by atoms with E-state index in [0.29, 0.717) is 0 Å². The summed E-state index contributed by atoms with van der Waals surface area (Å²) in [7, 11) is 0. The summed E-state index contributed by atoms with van der Waals surface area (Å²) in [6, 6.07) is 0. The third-order valence-corrected chi connectivity index (χ3v) is 1.43. The first-order valence-corrected chi connectivity index (χ1v) is 3.80. The molecule has 0 spiro atoms. The third-order valence-electron chi connectivity index (χ3n) is 1.43. The van der Waals surface area contributed by atoms with Crippen molar-refractivity contribution in [2.24, 2.45) is 0 Å². The Morgan fingerprint density at radius 2 is 1.40 bits per heavy atom. The molecule has 0 N–H and O–H groups in total. The average Bonchev–Trinajstić information content (AvgIpc) is 2.01. The maximum absolute atomic E-state index is 2.21. The molecule has 0 nitrogen and oxygen atoms in total. The van der Waals surface area contributed by atoms with Crippen LogP contribution in [0.4, 0.5) is 0 Å². The van der Waals surface area contributed by atoms with Crippen LogP contribution in [0.2, 0.25) is 0 Å². The van der Waals surface area contributed by atoms with Gasteiger partial charge in [0.25, 0.3) is 0 Å². The second-order valence-electron chi connectivity index (χ2n) is 2.33. The van der Waals surface area contributed by atoms with Gasteiger partial charge in [0.05, 0.1) is 0 Å². The molecule has 0 atom stereocenters. The van der Waals surface area contributed by atoms with Crippen molar-refractivity contribution in [3.8, 4) is 0 Å². The molecule has 0 aromatic heterocycles. The molecule has 1 aliphatic rings. The topological polar surface area (TPSA) is 0 Å². The van der Waals surface area contributed by atoms with Gasteiger partial charge in [0.1, 0.15) is 0 Å². The van der Waals surface area contributed by atoms with Gasteiger partial charge in [-0.15, -0.1) is 0 Å². The Balaban J connectivity index is 2.38. The van der Waals surface area contributed by atoms with E-state index in [1.54, 1.807) is 0 Å². The van der Waals surface area contributed by atoms with Gasteiger partial charge in [0, 0.05) is 0 Å². The average molecular weight is 133 g/mol. The van der Waals surface area contributed by atoms with Gasteiger partial charge in [0.2, 0.25) is 0 Å². The van der Waals surface area contributed by atoms with Gasteiger partial charge >= 0.3 is 0 Å². The van der Waals surface area contributed by atoms with E-state index in [9.17, 15) is 0 Å². The molecule has 0 saturated heterocycles. The van der Waals surface area contributed by atoms with E-state index in [-0.39, 0.29) is 0 Å². The fraction of sp³-hybridized carbons (Fsp3) is 0.300. The summed E-state index contributed by atoms with van der Waals surface area (Å²) >= 11 is 0. The highest BCUT2D eigenvalue weighted by molar-refractivity contribution is 5.08. The van der Waals surface area contributed by atoms with Gasteiger partial charge in [-0.25, -0.2) is 0 Å². The van der Waals surface area contributed by atoms with Crippen molar-refractivity contribution in [1.29, 1.82) is 0 Å². The summed E-state index contributed by atoms with van der Waals surface area (Å²) in [4.78, 5) is 0. The molecule has 0 bridgehead atoms. The third kappa shape index (κ3) is 3.29. The molecule has 53 valence electrons. The first-order chi connectivity index (χ1) is 5.00. The summed E-state index contributed by atoms with van der Waals surface area (Å²) in [6.07, 6.45) is 18.5. The second-order valence-corrected chi connectivity index (χ2v) is 2.33. The molecule has 0 fully saturated rings. The Bertz CT molecular complexity index is 131. The Morgan fingerprint density at radius 1 is 0.700 bits per heavy atom. The van der Waals surface area contributed by atoms with Crippen LogP contribution in [0.5, 0.6) is 0 Å². The normalized spacial score (nSPS) is 28.8. The van der Waals surface area contributed by atoms with E-state index in [1.807, 2.05) is 0 Å². The van der Waals surface area contributed by atoms with Crippen molar-refractivity contribution in [3.05, 3.63) is 42.9 Å². The minimum atomic E-state index is 1.06. The van der Waals surface area contributed by atoms with Crippen LogP contribution >= 0.6 is 0 Å². The van der Waals surface area contributed by atoms with Crippen LogP contribution in [0.15, 0.2) is 36.5 Å². The lowest BCUT2D eigenvalue weighted by Gasteiger charge is -1.89. The maximum Gasteiger partial charge on any atom is -0.0133 e. The summed E-state index contributed by atoms with van der Waals surface area (Å²) in [5.41, 5.74) is 0. The molecule has 0 aliphatic heterocycles. The molecule has 1 rings (SSSR count). The van der Waals surface area contributed by atoms with Crippen molar-refractivity contribution in [2.75, 3.05) is 0 Å². The first-order valence-electron chi connectivity index (χ1n) is 3.80. The molecule has 0 heteroatoms. The van der Waals surface area contributed by atoms with Crippen molar-refractivity contribution in [2.45, 2.75) is 19.3 Å². The Morgan fingerprint density at radius 3 is 2.30 bits per heavy atom. The summed E-state index contributed by atoms with van der Waals surface area (Å²) in [6.45, 7) is 0. The van der Waals surface area contributed by atoms with Crippen molar-refractivity contribution >= 4 is 0 Å². The molecule has 0 heterocycles. The minimum Gasteiger partial charge on any atom is -0.0879 e. The first kappa shape index (κ1) is 7.33. The fourth-order valence-electron chi connectivity index (χ4n) is 0.874. The number of hydrogen-bond donors (Lipinski definition) is 0. The Hall–Kier alpha value is -0.780. The minimum absolute atomic E-state index is 1.06. The van der Waals surface area contributed by atoms with Gasteiger partial charge in [0.15, 0.2) is 0 Å². The smallest absolute Gasteiger partial charge is 0.0133 e. The van der Waals surface area contributed by atoms with Crippen LogP contribution in [-0.2, 0) is 0 Å². The molecule has 0 aromatic carbocycles. The molecule has 0 aromatic rings. The van der Waals surface area contributed by atoms with Crippen molar-refractivity contribution in [1.82, 2.24) is 0 Å². The largest absolute Gasteiger partial charge is 0.0879 e. The van der Waals surface area contributed by atoms with E-state index in [2.05, 4.69) is 42.9 Å². The van der Waals surface area contributed by atoms with Crippen molar-refractivity contribution in [3.63, 3.8) is 0 Å². The lowest BCUT2D eigenvalue weighted by atomic mass is 10.2. The predicted molar refractivity (Wildman–Crippen MR) is 45.6 cm³/mol. The summed E-state index contributed by atoms with van der Waals surface area (Å²) < 4.78 is 0. The Kier molecular flexibility index (Phi) is 3.69. The molecule has 1 aliphatic carbocycles. The predicted octanol–water partition coefficient (Wildman–Crippen LogP) is 3.04. The lowest BCUT2D eigenvalue weighted by molar-refractivity contribution is 1.04. The fourth-order valence-corrected chi connectivity index (χ4v) is 0.874. The number of allylic oxidation sites excluding steroid dienone is 6. The number of rotatable bonds is 0. The molecular weight excluding hydrogens is 120 g/mol. The van der Waals surface area contributed by atoms with Gasteiger partial charge < -0.3 is 0 Å². The number of hydrogen-bond acceptors (Lipinski definition) is 0. The highest BCUT2D eigenvalue weighted by atomic mass is 13.9. The quantitative estimate of drug-likeness (QED) is 0.476. The SMILES string of the molecule is [CH]1/C=C/CC/C=C\C=C\C1. The van der Waals surface area contributed by atoms with Crippen LogP contribution in [0.25, 0.3) is 0 Å². The lowest BCUT2D eigenvalue weighted by Crippen LogP contribution is -1.70. The zero-order valence-corrected chi connectivity index (χ0v) is 6.16.